The minimum Gasteiger partial charge on any atom is -0.454 e. The number of hydrogen-bond acceptors (Lipinski definition) is 7. The Bertz CT molecular complexity index is 901. The number of nitrogens with one attached hydrogen (secondary N) is 1. The van der Waals surface area contributed by atoms with Crippen molar-refractivity contribution >= 4 is 11.9 Å². The van der Waals surface area contributed by atoms with Crippen molar-refractivity contribution in [2.45, 2.75) is 6.42 Å². The highest BCUT2D eigenvalue weighted by atomic mass is 16.7. The Morgan fingerprint density at radius 3 is 2.96 bits per heavy atom. The van der Waals surface area contributed by atoms with E-state index in [9.17, 15) is 4.79 Å². The molecular weight excluding hydrogens is 314 g/mol. The molecule has 0 spiro atoms. The van der Waals surface area contributed by atoms with Crippen molar-refractivity contribution < 1.29 is 18.7 Å². The second-order valence-electron chi connectivity index (χ2n) is 5.20. The maximum Gasteiger partial charge on any atom is 0.322 e. The van der Waals surface area contributed by atoms with Crippen LogP contribution in [0.3, 0.4) is 0 Å². The normalized spacial score (nSPS) is 12.4. The van der Waals surface area contributed by atoms with Crippen LogP contribution in [0.15, 0.2) is 34.9 Å². The number of fused-ring (bicyclic) bond motifs is 1. The zero-order valence-electron chi connectivity index (χ0n) is 12.7. The maximum atomic E-state index is 12.1. The molecule has 0 radical (unpaired) electrons. The van der Waals surface area contributed by atoms with Crippen molar-refractivity contribution in [1.82, 2.24) is 20.0 Å². The summed E-state index contributed by atoms with van der Waals surface area (Å²) in [5.41, 5.74) is 1.34. The molecule has 122 valence electrons. The summed E-state index contributed by atoms with van der Waals surface area (Å²) in [6.45, 7) is 0.198. The Kier molecular flexibility index (Phi) is 3.38. The van der Waals surface area contributed by atoms with E-state index in [0.29, 0.717) is 17.2 Å². The highest BCUT2D eigenvalue weighted by molar-refractivity contribution is 5.90. The van der Waals surface area contributed by atoms with Crippen LogP contribution < -0.4 is 14.8 Å². The molecule has 0 fully saturated rings. The predicted octanol–water partition coefficient (Wildman–Crippen LogP) is 1.38. The molecule has 3 aromatic rings. The first-order valence-electron chi connectivity index (χ1n) is 7.19. The van der Waals surface area contributed by atoms with Gasteiger partial charge in [-0.25, -0.2) is 0 Å². The molecule has 0 saturated carbocycles. The Morgan fingerprint density at radius 1 is 1.25 bits per heavy atom. The minimum atomic E-state index is -0.273. The lowest BCUT2D eigenvalue weighted by Gasteiger charge is -2.02. The summed E-state index contributed by atoms with van der Waals surface area (Å²) in [5.74, 6) is 1.28. The highest BCUT2D eigenvalue weighted by Gasteiger charge is 2.16. The van der Waals surface area contributed by atoms with Gasteiger partial charge in [0, 0.05) is 13.2 Å². The van der Waals surface area contributed by atoms with Crippen LogP contribution in [0.5, 0.6) is 11.5 Å². The number of nitrogens with zero attached hydrogens (tertiary/aromatic N) is 4. The van der Waals surface area contributed by atoms with Crippen LogP contribution in [0.25, 0.3) is 11.6 Å². The second kappa shape index (κ2) is 5.69. The van der Waals surface area contributed by atoms with E-state index < -0.39 is 0 Å². The van der Waals surface area contributed by atoms with E-state index in [-0.39, 0.29) is 31.0 Å². The average molecular weight is 327 g/mol. The van der Waals surface area contributed by atoms with E-state index in [1.807, 2.05) is 0 Å². The molecule has 1 N–H and O–H groups in total. The molecular formula is C15H13N5O4. The fraction of sp³-hybridized carbons (Fsp3) is 0.200. The number of carbonyl (C=O) groups is 1. The molecule has 9 nitrogen and oxygen atoms in total. The second-order valence-corrected chi connectivity index (χ2v) is 5.20. The van der Waals surface area contributed by atoms with Gasteiger partial charge in [-0.2, -0.15) is 5.10 Å². The van der Waals surface area contributed by atoms with Crippen LogP contribution >= 0.6 is 0 Å². The summed E-state index contributed by atoms with van der Waals surface area (Å²) in [6, 6.07) is 7.12. The minimum absolute atomic E-state index is 0.0291. The van der Waals surface area contributed by atoms with Crippen molar-refractivity contribution in [3.05, 3.63) is 36.0 Å². The van der Waals surface area contributed by atoms with Crippen LogP contribution in [-0.2, 0) is 18.3 Å². The quantitative estimate of drug-likeness (QED) is 0.772. The lowest BCUT2D eigenvalue weighted by atomic mass is 10.1. The van der Waals surface area contributed by atoms with Gasteiger partial charge < -0.3 is 13.9 Å². The third-order valence-electron chi connectivity index (χ3n) is 3.41. The molecule has 1 amide bonds. The smallest absolute Gasteiger partial charge is 0.322 e. The number of benzene rings is 1. The van der Waals surface area contributed by atoms with Crippen molar-refractivity contribution in [2.24, 2.45) is 7.05 Å². The molecule has 0 unspecified atom stereocenters. The van der Waals surface area contributed by atoms with E-state index in [1.54, 1.807) is 42.2 Å². The molecule has 4 rings (SSSR count). The molecule has 0 aliphatic carbocycles. The molecule has 1 aliphatic rings. The standard InChI is InChI=1S/C15H13N5O4/c1-20-5-4-10(19-20)14-17-18-15(24-14)16-13(21)7-9-2-3-11-12(6-9)23-8-22-11/h2-6H,7-8H2,1H3,(H,16,18,21). The van der Waals surface area contributed by atoms with Gasteiger partial charge in [-0.1, -0.05) is 11.2 Å². The molecule has 2 aromatic heterocycles. The van der Waals surface area contributed by atoms with Gasteiger partial charge in [-0.05, 0) is 23.8 Å². The predicted molar refractivity (Wildman–Crippen MR) is 81.4 cm³/mol. The molecule has 9 heteroatoms. The van der Waals surface area contributed by atoms with Gasteiger partial charge in [0.05, 0.1) is 6.42 Å². The first-order valence-corrected chi connectivity index (χ1v) is 7.19. The van der Waals surface area contributed by atoms with Gasteiger partial charge in [-0.3, -0.25) is 14.8 Å². The molecule has 3 heterocycles. The van der Waals surface area contributed by atoms with E-state index in [1.165, 1.54) is 0 Å². The molecule has 0 saturated heterocycles. The summed E-state index contributed by atoms with van der Waals surface area (Å²) < 4.78 is 17.5. The van der Waals surface area contributed by atoms with Crippen LogP contribution in [0, 0.1) is 0 Å². The third kappa shape index (κ3) is 2.78. The first-order chi connectivity index (χ1) is 11.7. The molecule has 1 aliphatic heterocycles. The summed E-state index contributed by atoms with van der Waals surface area (Å²) in [7, 11) is 1.79. The Balaban J connectivity index is 1.42. The zero-order chi connectivity index (χ0) is 16.5. The van der Waals surface area contributed by atoms with E-state index in [2.05, 4.69) is 20.6 Å². The van der Waals surface area contributed by atoms with E-state index in [0.717, 1.165) is 5.56 Å². The number of aryl methyl sites for hydroxylation is 1. The van der Waals surface area contributed by atoms with Crippen molar-refractivity contribution in [1.29, 1.82) is 0 Å². The topological polar surface area (TPSA) is 104 Å². The van der Waals surface area contributed by atoms with Gasteiger partial charge in [0.15, 0.2) is 11.5 Å². The molecule has 0 bridgehead atoms. The van der Waals surface area contributed by atoms with Crippen LogP contribution in [0.1, 0.15) is 5.56 Å². The number of aromatic nitrogens is 4. The number of hydrogen-bond donors (Lipinski definition) is 1. The Hall–Kier alpha value is -3.36. The monoisotopic (exact) mass is 327 g/mol. The van der Waals surface area contributed by atoms with E-state index in [4.69, 9.17) is 13.9 Å². The summed E-state index contributed by atoms with van der Waals surface area (Å²) in [5, 5.41) is 14.4. The third-order valence-corrected chi connectivity index (χ3v) is 3.41. The SMILES string of the molecule is Cn1ccc(-c2nnc(NC(=O)Cc3ccc4c(c3)OCO4)o2)n1. The van der Waals surface area contributed by atoms with Gasteiger partial charge in [0.25, 0.3) is 5.89 Å². The van der Waals surface area contributed by atoms with Crippen LogP contribution in [0.4, 0.5) is 6.01 Å². The fourth-order valence-corrected chi connectivity index (χ4v) is 2.31. The van der Waals surface area contributed by atoms with Crippen molar-refractivity contribution in [3.63, 3.8) is 0 Å². The number of rotatable bonds is 4. The maximum absolute atomic E-state index is 12.1. The Labute approximate surface area is 136 Å². The van der Waals surface area contributed by atoms with Crippen molar-refractivity contribution in [3.8, 4) is 23.1 Å². The van der Waals surface area contributed by atoms with Crippen molar-refractivity contribution in [2.75, 3.05) is 12.1 Å². The van der Waals surface area contributed by atoms with Gasteiger partial charge >= 0.3 is 6.01 Å². The number of ether oxygens (including phenoxy) is 2. The lowest BCUT2D eigenvalue weighted by Crippen LogP contribution is -2.14. The van der Waals surface area contributed by atoms with E-state index >= 15 is 0 Å². The summed E-state index contributed by atoms with van der Waals surface area (Å²) in [4.78, 5) is 12.1. The van der Waals surface area contributed by atoms with Gasteiger partial charge in [-0.15, -0.1) is 5.10 Å². The van der Waals surface area contributed by atoms with Crippen LogP contribution in [-0.4, -0.2) is 32.7 Å². The summed E-state index contributed by atoms with van der Waals surface area (Å²) >= 11 is 0. The number of anilines is 1. The average Bonchev–Trinajstić information content (AvgIpc) is 3.27. The zero-order valence-corrected chi connectivity index (χ0v) is 12.7. The van der Waals surface area contributed by atoms with Crippen LogP contribution in [0.2, 0.25) is 0 Å². The number of carbonyl (C=O) groups excluding carboxylic acids is 1. The summed E-state index contributed by atoms with van der Waals surface area (Å²) in [6.07, 6.45) is 1.91. The van der Waals surface area contributed by atoms with Gasteiger partial charge in [0.2, 0.25) is 12.7 Å². The Morgan fingerprint density at radius 2 is 2.12 bits per heavy atom. The lowest BCUT2D eigenvalue weighted by molar-refractivity contribution is -0.115. The van der Waals surface area contributed by atoms with Gasteiger partial charge in [0.1, 0.15) is 5.69 Å². The fourth-order valence-electron chi connectivity index (χ4n) is 2.31. The largest absolute Gasteiger partial charge is 0.454 e. The number of amides is 1. The molecule has 1 aromatic carbocycles. The molecule has 0 atom stereocenters. The first kappa shape index (κ1) is 14.2. The highest BCUT2D eigenvalue weighted by Crippen LogP contribution is 2.32. The molecule has 24 heavy (non-hydrogen) atoms.